The maximum Gasteiger partial charge on any atom is 0.242 e. The highest BCUT2D eigenvalue weighted by molar-refractivity contribution is 8.01. The molecule has 2 fully saturated rings. The quantitative estimate of drug-likeness (QED) is 0.408. The molecule has 3 aromatic carbocycles. The molecule has 8 nitrogen and oxygen atoms in total. The summed E-state index contributed by atoms with van der Waals surface area (Å²) in [4.78, 5) is 33.0. The van der Waals surface area contributed by atoms with Gasteiger partial charge in [0.2, 0.25) is 11.8 Å². The fourth-order valence-electron chi connectivity index (χ4n) is 5.22. The molecule has 0 radical (unpaired) electrons. The summed E-state index contributed by atoms with van der Waals surface area (Å²) in [6.07, 6.45) is 0.0443. The summed E-state index contributed by atoms with van der Waals surface area (Å²) in [5.41, 5.74) is 1.55. The van der Waals surface area contributed by atoms with E-state index in [9.17, 15) is 9.59 Å². The first-order chi connectivity index (χ1) is 19.0. The van der Waals surface area contributed by atoms with Gasteiger partial charge in [-0.15, -0.1) is 11.8 Å². The van der Waals surface area contributed by atoms with Crippen molar-refractivity contribution in [3.63, 3.8) is 0 Å². The van der Waals surface area contributed by atoms with Crippen LogP contribution in [0, 0.1) is 0 Å². The number of hydrogen-bond acceptors (Lipinski definition) is 7. The minimum atomic E-state index is -1.13. The molecular weight excluding hydrogens is 516 g/mol. The van der Waals surface area contributed by atoms with Crippen molar-refractivity contribution in [2.75, 3.05) is 52.5 Å². The van der Waals surface area contributed by atoms with Gasteiger partial charge in [-0.05, 0) is 66.2 Å². The van der Waals surface area contributed by atoms with Gasteiger partial charge in [-0.3, -0.25) is 9.59 Å². The SMILES string of the molecule is COc1ccc(S[C@]2(C(=O)N3CCOCC3)CC(=O)N(c3ccc(OC)cc3)[C@@H]2c2ccc(OC)cc2)cc1. The van der Waals surface area contributed by atoms with E-state index in [2.05, 4.69) is 0 Å². The zero-order valence-electron chi connectivity index (χ0n) is 22.3. The summed E-state index contributed by atoms with van der Waals surface area (Å²) in [6, 6.07) is 22.0. The van der Waals surface area contributed by atoms with Crippen LogP contribution < -0.4 is 19.1 Å². The van der Waals surface area contributed by atoms with Gasteiger partial charge >= 0.3 is 0 Å². The Labute approximate surface area is 232 Å². The van der Waals surface area contributed by atoms with Crippen LogP contribution in [0.5, 0.6) is 17.2 Å². The summed E-state index contributed by atoms with van der Waals surface area (Å²) < 4.78 is 20.5. The number of nitrogens with zero attached hydrogens (tertiary/aromatic N) is 2. The molecular formula is C30H32N2O6S. The highest BCUT2D eigenvalue weighted by atomic mass is 32.2. The van der Waals surface area contributed by atoms with Crippen LogP contribution in [0.15, 0.2) is 77.7 Å². The Hall–Kier alpha value is -3.69. The summed E-state index contributed by atoms with van der Waals surface area (Å²) in [6.45, 7) is 1.91. The van der Waals surface area contributed by atoms with Crippen LogP contribution in [0.4, 0.5) is 5.69 Å². The molecule has 0 bridgehead atoms. The van der Waals surface area contributed by atoms with Crippen LogP contribution in [-0.4, -0.2) is 69.1 Å². The van der Waals surface area contributed by atoms with Crippen molar-refractivity contribution >= 4 is 29.3 Å². The standard InChI is InChI=1S/C30H32N2O6S/c1-35-23-8-4-21(5-9-23)28-30(29(34)31-16-18-38-19-17-31,39-26-14-12-25(37-3)13-15-26)20-27(33)32(28)22-6-10-24(36-2)11-7-22/h4-15,28H,16-20H2,1-3H3/t28-,30-/m1/s1. The van der Waals surface area contributed by atoms with Crippen molar-refractivity contribution in [2.45, 2.75) is 22.1 Å². The molecule has 2 saturated heterocycles. The van der Waals surface area contributed by atoms with E-state index < -0.39 is 10.8 Å². The lowest BCUT2D eigenvalue weighted by atomic mass is 9.90. The van der Waals surface area contributed by atoms with E-state index in [0.717, 1.165) is 16.2 Å². The van der Waals surface area contributed by atoms with E-state index in [1.54, 1.807) is 26.2 Å². The van der Waals surface area contributed by atoms with Gasteiger partial charge in [0.15, 0.2) is 0 Å². The number of benzene rings is 3. The molecule has 2 aliphatic heterocycles. The number of hydrogen-bond donors (Lipinski definition) is 0. The highest BCUT2D eigenvalue weighted by Crippen LogP contribution is 2.55. The first-order valence-electron chi connectivity index (χ1n) is 12.8. The second kappa shape index (κ2) is 11.6. The number of carbonyl (C=O) groups excluding carboxylic acids is 2. The Kier molecular flexibility index (Phi) is 7.99. The molecule has 0 aromatic heterocycles. The molecule has 2 aliphatic rings. The Morgan fingerprint density at radius 1 is 0.821 bits per heavy atom. The van der Waals surface area contributed by atoms with E-state index in [4.69, 9.17) is 18.9 Å². The topological polar surface area (TPSA) is 77.5 Å². The number of carbonyl (C=O) groups is 2. The summed E-state index contributed by atoms with van der Waals surface area (Å²) in [5.74, 6) is 1.92. The fraction of sp³-hybridized carbons (Fsp3) is 0.333. The van der Waals surface area contributed by atoms with Crippen LogP contribution in [0.1, 0.15) is 18.0 Å². The summed E-state index contributed by atoms with van der Waals surface area (Å²) >= 11 is 1.44. The number of thioether (sulfide) groups is 1. The Morgan fingerprint density at radius 2 is 1.33 bits per heavy atom. The third kappa shape index (κ3) is 5.29. The van der Waals surface area contributed by atoms with Gasteiger partial charge in [-0.25, -0.2) is 0 Å². The Balaban J connectivity index is 1.66. The van der Waals surface area contributed by atoms with Crippen LogP contribution in [0.2, 0.25) is 0 Å². The number of methoxy groups -OCH3 is 3. The molecule has 2 heterocycles. The van der Waals surface area contributed by atoms with Gasteiger partial charge in [0, 0.05) is 23.7 Å². The highest BCUT2D eigenvalue weighted by Gasteiger charge is 2.59. The lowest BCUT2D eigenvalue weighted by Gasteiger charge is -2.40. The minimum absolute atomic E-state index is 0.0443. The van der Waals surface area contributed by atoms with Crippen molar-refractivity contribution in [1.29, 1.82) is 0 Å². The summed E-state index contributed by atoms with van der Waals surface area (Å²) in [5, 5.41) is 0. The van der Waals surface area contributed by atoms with E-state index in [0.29, 0.717) is 43.5 Å². The van der Waals surface area contributed by atoms with Crippen LogP contribution in [-0.2, 0) is 14.3 Å². The molecule has 9 heteroatoms. The van der Waals surface area contributed by atoms with Crippen molar-refractivity contribution in [3.8, 4) is 17.2 Å². The monoisotopic (exact) mass is 548 g/mol. The molecule has 0 unspecified atom stereocenters. The molecule has 39 heavy (non-hydrogen) atoms. The van der Waals surface area contributed by atoms with Crippen molar-refractivity contribution in [1.82, 2.24) is 4.90 Å². The minimum Gasteiger partial charge on any atom is -0.497 e. The van der Waals surface area contributed by atoms with E-state index in [1.165, 1.54) is 11.8 Å². The molecule has 0 spiro atoms. The first kappa shape index (κ1) is 26.9. The average Bonchev–Trinajstić information content (AvgIpc) is 3.29. The second-order valence-electron chi connectivity index (χ2n) is 9.39. The maximum absolute atomic E-state index is 14.6. The molecule has 2 atom stereocenters. The Bertz CT molecular complexity index is 1290. The molecule has 204 valence electrons. The smallest absolute Gasteiger partial charge is 0.242 e. The van der Waals surface area contributed by atoms with Gasteiger partial charge in [0.25, 0.3) is 0 Å². The van der Waals surface area contributed by atoms with Crippen LogP contribution in [0.25, 0.3) is 0 Å². The van der Waals surface area contributed by atoms with E-state index in [-0.39, 0.29) is 18.2 Å². The first-order valence-corrected chi connectivity index (χ1v) is 13.6. The summed E-state index contributed by atoms with van der Waals surface area (Å²) in [7, 11) is 4.84. The van der Waals surface area contributed by atoms with Crippen LogP contribution >= 0.6 is 11.8 Å². The van der Waals surface area contributed by atoms with E-state index in [1.807, 2.05) is 77.7 Å². The third-order valence-corrected chi connectivity index (χ3v) is 8.60. The fourth-order valence-corrected chi connectivity index (χ4v) is 6.67. The van der Waals surface area contributed by atoms with Gasteiger partial charge < -0.3 is 28.7 Å². The van der Waals surface area contributed by atoms with Crippen molar-refractivity contribution in [2.24, 2.45) is 0 Å². The van der Waals surface area contributed by atoms with E-state index >= 15 is 0 Å². The van der Waals surface area contributed by atoms with Crippen LogP contribution in [0.3, 0.4) is 0 Å². The normalized spacial score (nSPS) is 21.1. The number of anilines is 1. The van der Waals surface area contributed by atoms with Gasteiger partial charge in [0.1, 0.15) is 22.0 Å². The molecule has 3 aromatic rings. The predicted octanol–water partition coefficient (Wildman–Crippen LogP) is 4.58. The largest absolute Gasteiger partial charge is 0.497 e. The second-order valence-corrected chi connectivity index (χ2v) is 10.8. The molecule has 2 amide bonds. The van der Waals surface area contributed by atoms with Crippen molar-refractivity contribution in [3.05, 3.63) is 78.4 Å². The number of amides is 2. The van der Waals surface area contributed by atoms with Crippen molar-refractivity contribution < 1.29 is 28.5 Å². The lowest BCUT2D eigenvalue weighted by Crippen LogP contribution is -2.53. The zero-order chi connectivity index (χ0) is 27.4. The third-order valence-electron chi connectivity index (χ3n) is 7.18. The average molecular weight is 549 g/mol. The molecule has 0 N–H and O–H groups in total. The molecule has 5 rings (SSSR count). The Morgan fingerprint density at radius 3 is 1.87 bits per heavy atom. The van der Waals surface area contributed by atoms with Gasteiger partial charge in [0.05, 0.1) is 47.0 Å². The lowest BCUT2D eigenvalue weighted by molar-refractivity contribution is -0.138. The molecule has 0 saturated carbocycles. The molecule has 0 aliphatic carbocycles. The number of rotatable bonds is 8. The predicted molar refractivity (Wildman–Crippen MR) is 150 cm³/mol. The van der Waals surface area contributed by atoms with Gasteiger partial charge in [-0.1, -0.05) is 12.1 Å². The number of morpholine rings is 1. The maximum atomic E-state index is 14.6. The number of ether oxygens (including phenoxy) is 4. The van der Waals surface area contributed by atoms with Gasteiger partial charge in [-0.2, -0.15) is 0 Å². The zero-order valence-corrected chi connectivity index (χ0v) is 23.1.